The monoisotopic (exact) mass is 307 g/mol. The van der Waals surface area contributed by atoms with E-state index in [2.05, 4.69) is 10.3 Å². The van der Waals surface area contributed by atoms with Crippen molar-refractivity contribution in [2.45, 2.75) is 33.4 Å². The average molecular weight is 307 g/mol. The summed E-state index contributed by atoms with van der Waals surface area (Å²) in [5, 5.41) is 15.4. The highest BCUT2D eigenvalue weighted by atomic mass is 32.1. The second kappa shape index (κ2) is 6.53. The molecule has 2 aromatic rings. The highest BCUT2D eigenvalue weighted by Crippen LogP contribution is 2.35. The molecule has 7 heteroatoms. The van der Waals surface area contributed by atoms with Gasteiger partial charge < -0.3 is 10.1 Å². The number of nitro groups is 1. The molecule has 0 radical (unpaired) electrons. The Morgan fingerprint density at radius 1 is 1.48 bits per heavy atom. The minimum absolute atomic E-state index is 0.0348. The molecular formula is C14H17N3O3S. The van der Waals surface area contributed by atoms with Crippen LogP contribution < -0.4 is 10.1 Å². The number of aryl methyl sites for hydroxylation is 1. The highest BCUT2D eigenvalue weighted by Gasteiger charge is 2.21. The van der Waals surface area contributed by atoms with Crippen molar-refractivity contribution in [3.05, 3.63) is 44.4 Å². The van der Waals surface area contributed by atoms with Crippen LogP contribution in [0, 0.1) is 17.0 Å². The number of aromatic nitrogens is 1. The lowest BCUT2D eigenvalue weighted by atomic mass is 10.2. The van der Waals surface area contributed by atoms with E-state index in [1.165, 1.54) is 0 Å². The lowest BCUT2D eigenvalue weighted by Gasteiger charge is -2.12. The number of nitrogens with zero attached hydrogens (tertiary/aromatic N) is 2. The maximum Gasteiger partial charge on any atom is 0.333 e. The topological polar surface area (TPSA) is 77.3 Å². The van der Waals surface area contributed by atoms with Crippen LogP contribution >= 0.6 is 11.3 Å². The zero-order chi connectivity index (χ0) is 15.4. The molecule has 1 aromatic carbocycles. The molecule has 0 saturated carbocycles. The predicted octanol–water partition coefficient (Wildman–Crippen LogP) is 3.76. The van der Waals surface area contributed by atoms with Crippen molar-refractivity contribution in [1.29, 1.82) is 0 Å². The van der Waals surface area contributed by atoms with Gasteiger partial charge in [0.15, 0.2) is 5.75 Å². The van der Waals surface area contributed by atoms with Crippen molar-refractivity contribution in [3.8, 4) is 5.75 Å². The second-order valence-corrected chi connectivity index (χ2v) is 6.09. The van der Waals surface area contributed by atoms with Crippen LogP contribution in [0.1, 0.15) is 23.7 Å². The fourth-order valence-corrected chi connectivity index (χ4v) is 2.61. The quantitative estimate of drug-likeness (QED) is 0.649. The van der Waals surface area contributed by atoms with Gasteiger partial charge in [-0.1, -0.05) is 6.07 Å². The molecule has 0 spiro atoms. The minimum Gasteiger partial charge on any atom is -0.484 e. The van der Waals surface area contributed by atoms with Gasteiger partial charge in [0.25, 0.3) is 0 Å². The molecule has 112 valence electrons. The lowest BCUT2D eigenvalue weighted by Crippen LogP contribution is -2.09. The van der Waals surface area contributed by atoms with E-state index in [0.29, 0.717) is 12.2 Å². The summed E-state index contributed by atoms with van der Waals surface area (Å²) in [5.41, 5.74) is 0.414. The maximum atomic E-state index is 11.3. The molecule has 0 saturated heterocycles. The Kier molecular flexibility index (Phi) is 4.74. The number of nitrogens with one attached hydrogen (secondary N) is 1. The van der Waals surface area contributed by atoms with E-state index in [-0.39, 0.29) is 17.5 Å². The van der Waals surface area contributed by atoms with Crippen molar-refractivity contribution in [1.82, 2.24) is 4.98 Å². The minimum atomic E-state index is -0.419. The summed E-state index contributed by atoms with van der Waals surface area (Å²) >= 11 is 1.56. The summed E-state index contributed by atoms with van der Waals surface area (Å²) in [6.45, 7) is 6.10. The van der Waals surface area contributed by atoms with Gasteiger partial charge in [-0.25, -0.2) is 4.98 Å². The van der Waals surface area contributed by atoms with Gasteiger partial charge in [0.05, 0.1) is 22.6 Å². The molecule has 2 rings (SSSR count). The fourth-order valence-electron chi connectivity index (χ4n) is 1.87. The van der Waals surface area contributed by atoms with Crippen molar-refractivity contribution in [2.75, 3.05) is 5.32 Å². The summed E-state index contributed by atoms with van der Waals surface area (Å²) in [6.07, 6.45) is 1.65. The van der Waals surface area contributed by atoms with Crippen molar-refractivity contribution < 1.29 is 9.66 Å². The van der Waals surface area contributed by atoms with Crippen LogP contribution in [0.15, 0.2) is 24.4 Å². The fraction of sp³-hybridized carbons (Fsp3) is 0.357. The molecule has 1 aromatic heterocycles. The van der Waals surface area contributed by atoms with Gasteiger partial charge >= 0.3 is 5.69 Å². The number of para-hydroxylation sites is 1. The Bertz CT molecular complexity index is 640. The molecule has 21 heavy (non-hydrogen) atoms. The van der Waals surface area contributed by atoms with Gasteiger partial charge in [-0.3, -0.25) is 10.1 Å². The van der Waals surface area contributed by atoms with Gasteiger partial charge in [0, 0.05) is 11.1 Å². The van der Waals surface area contributed by atoms with Gasteiger partial charge in [0.2, 0.25) is 0 Å². The first-order valence-corrected chi connectivity index (χ1v) is 7.38. The van der Waals surface area contributed by atoms with E-state index >= 15 is 0 Å². The summed E-state index contributed by atoms with van der Waals surface area (Å²) in [7, 11) is 0. The van der Waals surface area contributed by atoms with Crippen LogP contribution in [-0.4, -0.2) is 16.0 Å². The molecule has 1 N–H and O–H groups in total. The van der Waals surface area contributed by atoms with Crippen LogP contribution in [0.3, 0.4) is 0 Å². The number of nitro benzene ring substituents is 1. The molecule has 0 aliphatic heterocycles. The number of anilines is 1. The second-order valence-electron chi connectivity index (χ2n) is 4.78. The summed E-state index contributed by atoms with van der Waals surface area (Å²) in [5.74, 6) is 0.278. The zero-order valence-electron chi connectivity index (χ0n) is 12.1. The van der Waals surface area contributed by atoms with E-state index in [0.717, 1.165) is 9.88 Å². The standard InChI is InChI=1S/C14H17N3O3S/c1-9(2)20-13-6-4-5-12(14(13)17(18)19)16-8-11-7-15-10(3)21-11/h4-7,9,16H,8H2,1-3H3. The maximum absolute atomic E-state index is 11.3. The van der Waals surface area contributed by atoms with Gasteiger partial charge in [0.1, 0.15) is 5.69 Å². The average Bonchev–Trinajstić information content (AvgIpc) is 2.81. The number of rotatable bonds is 6. The number of benzene rings is 1. The predicted molar refractivity (Wildman–Crippen MR) is 83.0 cm³/mol. The molecule has 1 heterocycles. The van der Waals surface area contributed by atoms with E-state index < -0.39 is 4.92 Å². The summed E-state index contributed by atoms with van der Waals surface area (Å²) in [6, 6.07) is 5.03. The molecule has 0 amide bonds. The van der Waals surface area contributed by atoms with Crippen LogP contribution in [0.4, 0.5) is 11.4 Å². The molecule has 0 fully saturated rings. The van der Waals surface area contributed by atoms with Crippen molar-refractivity contribution >= 4 is 22.7 Å². The highest BCUT2D eigenvalue weighted by molar-refractivity contribution is 7.11. The van der Waals surface area contributed by atoms with Crippen molar-refractivity contribution in [2.24, 2.45) is 0 Å². The smallest absolute Gasteiger partial charge is 0.333 e. The first-order chi connectivity index (χ1) is 9.97. The lowest BCUT2D eigenvalue weighted by molar-refractivity contribution is -0.385. The zero-order valence-corrected chi connectivity index (χ0v) is 12.9. The van der Waals surface area contributed by atoms with Crippen LogP contribution in [0.2, 0.25) is 0 Å². The third-order valence-corrected chi connectivity index (χ3v) is 3.58. The molecule has 0 aliphatic carbocycles. The Morgan fingerprint density at radius 2 is 2.24 bits per heavy atom. The molecule has 0 aliphatic rings. The van der Waals surface area contributed by atoms with E-state index in [1.54, 1.807) is 35.7 Å². The SMILES string of the molecule is Cc1ncc(CNc2cccc(OC(C)C)c2[N+](=O)[O-])s1. The summed E-state index contributed by atoms with van der Waals surface area (Å²) < 4.78 is 5.51. The Morgan fingerprint density at radius 3 is 2.81 bits per heavy atom. The largest absolute Gasteiger partial charge is 0.484 e. The Hall–Kier alpha value is -2.15. The first kappa shape index (κ1) is 15.2. The number of hydrogen-bond acceptors (Lipinski definition) is 6. The van der Waals surface area contributed by atoms with Crippen LogP contribution in [-0.2, 0) is 6.54 Å². The Balaban J connectivity index is 2.23. The van der Waals surface area contributed by atoms with Crippen molar-refractivity contribution in [3.63, 3.8) is 0 Å². The van der Waals surface area contributed by atoms with Crippen LogP contribution in [0.5, 0.6) is 5.75 Å². The van der Waals surface area contributed by atoms with E-state index in [4.69, 9.17) is 4.74 Å². The third kappa shape index (κ3) is 3.91. The van der Waals surface area contributed by atoms with E-state index in [1.807, 2.05) is 20.8 Å². The number of ether oxygens (including phenoxy) is 1. The van der Waals surface area contributed by atoms with Gasteiger partial charge in [-0.2, -0.15) is 0 Å². The third-order valence-electron chi connectivity index (χ3n) is 2.67. The molecule has 6 nitrogen and oxygen atoms in total. The molecule has 0 unspecified atom stereocenters. The first-order valence-electron chi connectivity index (χ1n) is 6.56. The van der Waals surface area contributed by atoms with Gasteiger partial charge in [-0.05, 0) is 32.9 Å². The molecule has 0 bridgehead atoms. The number of hydrogen-bond donors (Lipinski definition) is 1. The van der Waals surface area contributed by atoms with Crippen LogP contribution in [0.25, 0.3) is 0 Å². The molecule has 0 atom stereocenters. The van der Waals surface area contributed by atoms with E-state index in [9.17, 15) is 10.1 Å². The van der Waals surface area contributed by atoms with Gasteiger partial charge in [-0.15, -0.1) is 11.3 Å². The number of thiazole rings is 1. The molecular weight excluding hydrogens is 290 g/mol. The Labute approximate surface area is 126 Å². The summed E-state index contributed by atoms with van der Waals surface area (Å²) in [4.78, 5) is 16.1. The normalized spacial score (nSPS) is 10.7.